The van der Waals surface area contributed by atoms with Crippen molar-refractivity contribution in [2.75, 3.05) is 38.2 Å². The van der Waals surface area contributed by atoms with Crippen LogP contribution in [0, 0.1) is 17.1 Å². The highest BCUT2D eigenvalue weighted by Gasteiger charge is 2.20. The zero-order valence-electron chi connectivity index (χ0n) is 16.3. The third kappa shape index (κ3) is 5.02. The molecule has 0 N–H and O–H groups in total. The predicted octanol–water partition coefficient (Wildman–Crippen LogP) is 3.41. The van der Waals surface area contributed by atoms with Crippen LogP contribution < -0.4 is 9.64 Å². The molecule has 1 aliphatic rings. The van der Waals surface area contributed by atoms with Gasteiger partial charge in [-0.15, -0.1) is 0 Å². The van der Waals surface area contributed by atoms with Crippen LogP contribution in [0.5, 0.6) is 5.75 Å². The summed E-state index contributed by atoms with van der Waals surface area (Å²) in [6.07, 6.45) is 0. The number of rotatable bonds is 6. The van der Waals surface area contributed by atoms with E-state index in [9.17, 15) is 18.0 Å². The lowest BCUT2D eigenvalue weighted by atomic mass is 10.1. The molecule has 0 aromatic heterocycles. The van der Waals surface area contributed by atoms with Crippen molar-refractivity contribution < 1.29 is 27.4 Å². The zero-order chi connectivity index (χ0) is 21.7. The number of ether oxygens (including phenoxy) is 2. The second-order valence-electron chi connectivity index (χ2n) is 6.74. The van der Waals surface area contributed by atoms with Crippen molar-refractivity contribution in [3.63, 3.8) is 0 Å². The summed E-state index contributed by atoms with van der Waals surface area (Å²) in [6.45, 7) is 0.108. The minimum absolute atomic E-state index is 0.0510. The number of methoxy groups -OCH3 is 1. The Bertz CT molecular complexity index is 954. The summed E-state index contributed by atoms with van der Waals surface area (Å²) >= 11 is 0. The van der Waals surface area contributed by atoms with Gasteiger partial charge in [-0.05, 0) is 29.8 Å². The molecule has 6 nitrogen and oxygen atoms in total. The molecule has 0 aliphatic carbocycles. The summed E-state index contributed by atoms with van der Waals surface area (Å²) in [7, 11) is 1.20. The molecule has 2 aromatic rings. The number of hydrogen-bond donors (Lipinski definition) is 0. The van der Waals surface area contributed by atoms with Crippen LogP contribution in [0.25, 0.3) is 0 Å². The molecule has 0 amide bonds. The predicted molar refractivity (Wildman–Crippen MR) is 103 cm³/mol. The monoisotopic (exact) mass is 419 g/mol. The van der Waals surface area contributed by atoms with Gasteiger partial charge in [-0.25, -0.2) is 9.18 Å². The number of carbonyl (C=O) groups excluding carboxylic acids is 1. The Morgan fingerprint density at radius 1 is 1.17 bits per heavy atom. The van der Waals surface area contributed by atoms with Gasteiger partial charge in [-0.1, -0.05) is 6.07 Å². The maximum atomic E-state index is 14.1. The summed E-state index contributed by atoms with van der Waals surface area (Å²) in [5.74, 6) is -1.49. The van der Waals surface area contributed by atoms with E-state index in [4.69, 9.17) is 5.26 Å². The molecule has 0 saturated carbocycles. The average Bonchev–Trinajstić information content (AvgIpc) is 2.73. The van der Waals surface area contributed by atoms with Crippen molar-refractivity contribution in [2.45, 2.75) is 13.2 Å². The molecular formula is C21H20F3N3O3. The van der Waals surface area contributed by atoms with E-state index >= 15 is 0 Å². The molecular weight excluding hydrogens is 399 g/mol. The highest BCUT2D eigenvalue weighted by atomic mass is 19.3. The highest BCUT2D eigenvalue weighted by Crippen LogP contribution is 2.28. The van der Waals surface area contributed by atoms with E-state index < -0.39 is 18.4 Å². The highest BCUT2D eigenvalue weighted by molar-refractivity contribution is 5.89. The summed E-state index contributed by atoms with van der Waals surface area (Å²) in [5.41, 5.74) is 1.38. The zero-order valence-corrected chi connectivity index (χ0v) is 16.3. The van der Waals surface area contributed by atoms with Crippen molar-refractivity contribution in [1.82, 2.24) is 4.90 Å². The van der Waals surface area contributed by atoms with Gasteiger partial charge < -0.3 is 14.4 Å². The molecule has 1 fully saturated rings. The van der Waals surface area contributed by atoms with Gasteiger partial charge in [0.05, 0.1) is 18.2 Å². The summed E-state index contributed by atoms with van der Waals surface area (Å²) in [6, 6.07) is 10.9. The van der Waals surface area contributed by atoms with Gasteiger partial charge in [0, 0.05) is 44.5 Å². The Kier molecular flexibility index (Phi) is 6.79. The lowest BCUT2D eigenvalue weighted by Gasteiger charge is -2.36. The van der Waals surface area contributed by atoms with Crippen molar-refractivity contribution in [3.8, 4) is 11.8 Å². The first kappa shape index (κ1) is 21.5. The van der Waals surface area contributed by atoms with E-state index in [1.54, 1.807) is 12.1 Å². The summed E-state index contributed by atoms with van der Waals surface area (Å²) in [4.78, 5) is 15.6. The van der Waals surface area contributed by atoms with Crippen molar-refractivity contribution in [1.29, 1.82) is 5.26 Å². The topological polar surface area (TPSA) is 65.8 Å². The number of esters is 1. The molecule has 0 unspecified atom stereocenters. The van der Waals surface area contributed by atoms with Gasteiger partial charge in [0.25, 0.3) is 0 Å². The standard InChI is InChI=1S/C21H20F3N3O3/c1-29-20(28)17-5-2-14(10-18(17)22)13-26-6-8-27(9-7-26)16-4-3-15(12-25)19(11-16)30-21(23)24/h2-5,10-11,21H,6-9,13H2,1H3. The molecule has 158 valence electrons. The number of halogens is 3. The first-order valence-electron chi connectivity index (χ1n) is 9.24. The van der Waals surface area contributed by atoms with Gasteiger partial charge in [0.1, 0.15) is 17.6 Å². The number of alkyl halides is 2. The normalized spacial score (nSPS) is 14.5. The molecule has 0 atom stereocenters. The van der Waals surface area contributed by atoms with Crippen LogP contribution in [-0.2, 0) is 11.3 Å². The van der Waals surface area contributed by atoms with Gasteiger partial charge >= 0.3 is 12.6 Å². The average molecular weight is 419 g/mol. The van der Waals surface area contributed by atoms with Crippen LogP contribution in [0.2, 0.25) is 0 Å². The van der Waals surface area contributed by atoms with E-state index in [0.29, 0.717) is 38.4 Å². The fraction of sp³-hybridized carbons (Fsp3) is 0.333. The van der Waals surface area contributed by atoms with E-state index in [1.165, 1.54) is 31.4 Å². The first-order chi connectivity index (χ1) is 14.4. The first-order valence-corrected chi connectivity index (χ1v) is 9.24. The Morgan fingerprint density at radius 3 is 2.50 bits per heavy atom. The Morgan fingerprint density at radius 2 is 1.90 bits per heavy atom. The minimum atomic E-state index is -3.00. The van der Waals surface area contributed by atoms with Gasteiger partial charge in [-0.2, -0.15) is 14.0 Å². The fourth-order valence-corrected chi connectivity index (χ4v) is 3.35. The molecule has 0 spiro atoms. The molecule has 9 heteroatoms. The Labute approximate surface area is 172 Å². The van der Waals surface area contributed by atoms with Crippen LogP contribution in [-0.4, -0.2) is 50.8 Å². The van der Waals surface area contributed by atoms with Crippen LogP contribution in [0.4, 0.5) is 18.9 Å². The van der Waals surface area contributed by atoms with E-state index in [1.807, 2.05) is 11.0 Å². The SMILES string of the molecule is COC(=O)c1ccc(CN2CCN(c3ccc(C#N)c(OC(F)F)c3)CC2)cc1F. The molecule has 0 radical (unpaired) electrons. The summed E-state index contributed by atoms with van der Waals surface area (Å²) < 4.78 is 48.3. The Balaban J connectivity index is 1.62. The number of nitriles is 1. The molecule has 3 rings (SSSR count). The molecule has 1 saturated heterocycles. The number of nitrogens with zero attached hydrogens (tertiary/aromatic N) is 3. The quantitative estimate of drug-likeness (QED) is 0.669. The van der Waals surface area contributed by atoms with Crippen molar-refractivity contribution >= 4 is 11.7 Å². The maximum Gasteiger partial charge on any atom is 0.387 e. The number of piperazine rings is 1. The fourth-order valence-electron chi connectivity index (χ4n) is 3.35. The third-order valence-corrected chi connectivity index (χ3v) is 4.88. The van der Waals surface area contributed by atoms with Crippen molar-refractivity contribution in [2.24, 2.45) is 0 Å². The second kappa shape index (κ2) is 9.50. The molecule has 1 aliphatic heterocycles. The van der Waals surface area contributed by atoms with Crippen molar-refractivity contribution in [3.05, 3.63) is 58.9 Å². The van der Waals surface area contributed by atoms with Crippen LogP contribution in [0.1, 0.15) is 21.5 Å². The minimum Gasteiger partial charge on any atom is -0.465 e. The molecule has 1 heterocycles. The Hall–Kier alpha value is -3.25. The number of anilines is 1. The van der Waals surface area contributed by atoms with Crippen LogP contribution in [0.15, 0.2) is 36.4 Å². The van der Waals surface area contributed by atoms with Gasteiger partial charge in [0.15, 0.2) is 0 Å². The summed E-state index contributed by atoms with van der Waals surface area (Å²) in [5, 5.41) is 9.04. The van der Waals surface area contributed by atoms with Gasteiger partial charge in [-0.3, -0.25) is 4.90 Å². The lowest BCUT2D eigenvalue weighted by Crippen LogP contribution is -2.46. The van der Waals surface area contributed by atoms with Crippen LogP contribution in [0.3, 0.4) is 0 Å². The van der Waals surface area contributed by atoms with Crippen LogP contribution >= 0.6 is 0 Å². The smallest absolute Gasteiger partial charge is 0.387 e. The largest absolute Gasteiger partial charge is 0.465 e. The lowest BCUT2D eigenvalue weighted by molar-refractivity contribution is -0.0500. The number of benzene rings is 2. The third-order valence-electron chi connectivity index (χ3n) is 4.88. The number of hydrogen-bond acceptors (Lipinski definition) is 6. The van der Waals surface area contributed by atoms with E-state index in [-0.39, 0.29) is 16.9 Å². The maximum absolute atomic E-state index is 14.1. The molecule has 30 heavy (non-hydrogen) atoms. The molecule has 0 bridgehead atoms. The second-order valence-corrected chi connectivity index (χ2v) is 6.74. The van der Waals surface area contributed by atoms with E-state index in [2.05, 4.69) is 14.4 Å². The number of carbonyl (C=O) groups is 1. The van der Waals surface area contributed by atoms with E-state index in [0.717, 1.165) is 5.56 Å². The van der Waals surface area contributed by atoms with Gasteiger partial charge in [0.2, 0.25) is 0 Å². The molecule has 2 aromatic carbocycles.